The van der Waals surface area contributed by atoms with Crippen LogP contribution in [0, 0.1) is 0 Å². The van der Waals surface area contributed by atoms with E-state index in [1.807, 2.05) is 0 Å². The normalized spacial score (nSPS) is 16.8. The highest BCUT2D eigenvalue weighted by Crippen LogP contribution is 2.36. The second-order valence-electron chi connectivity index (χ2n) is 1.90. The fraction of sp³-hybridized carbons (Fsp3) is 0.800. The van der Waals surface area contributed by atoms with E-state index in [0.29, 0.717) is 0 Å². The summed E-state index contributed by atoms with van der Waals surface area (Å²) < 4.78 is 51.8. The summed E-state index contributed by atoms with van der Waals surface area (Å²) in [5.41, 5.74) is 0. The molecule has 2 nitrogen and oxygen atoms in total. The largest absolute Gasteiger partial charge is 0.457 e. The monoisotopic (exact) mass is 242 g/mol. The molecule has 0 aromatic carbocycles. The number of carbonyl (C=O) groups excluding carboxylic acids is 1. The molecule has 0 saturated carbocycles. The van der Waals surface area contributed by atoms with Crippen LogP contribution in [0.3, 0.4) is 0 Å². The Morgan fingerprint density at radius 1 is 1.31 bits per heavy atom. The van der Waals surface area contributed by atoms with Gasteiger partial charge in [0.25, 0.3) is 5.24 Å². The first kappa shape index (κ1) is 12.9. The fourth-order valence-corrected chi connectivity index (χ4v) is 0.668. The number of alkyl halides is 5. The molecule has 78 valence electrons. The molecule has 13 heavy (non-hydrogen) atoms. The number of carbonyl (C=O) groups is 1. The molecule has 0 aliphatic carbocycles. The van der Waals surface area contributed by atoms with E-state index in [9.17, 15) is 22.4 Å². The molecule has 0 aliphatic heterocycles. The Hall–Kier alpha value is -0.0700. The van der Waals surface area contributed by atoms with Crippen molar-refractivity contribution in [2.24, 2.45) is 0 Å². The van der Waals surface area contributed by atoms with Gasteiger partial charge in [-0.15, -0.1) is 11.6 Å². The predicted octanol–water partition coefficient (Wildman–Crippen LogP) is 2.24. The molecule has 0 heterocycles. The van der Waals surface area contributed by atoms with Crippen LogP contribution in [0.4, 0.5) is 17.6 Å². The molecule has 0 rings (SSSR count). The first-order valence-corrected chi connectivity index (χ1v) is 3.82. The summed E-state index contributed by atoms with van der Waals surface area (Å²) in [6.07, 6.45) is -5.50. The molecular formula is C5H4Cl2F4O2. The Labute approximate surface area is 80.7 Å². The third-order valence-electron chi connectivity index (χ3n) is 0.996. The van der Waals surface area contributed by atoms with Gasteiger partial charge in [-0.25, -0.2) is 0 Å². The second kappa shape index (κ2) is 4.43. The SMILES string of the molecule is O=C(Cl)C(F)(OCCCl)C(F)(F)F. The Morgan fingerprint density at radius 2 is 1.77 bits per heavy atom. The summed E-state index contributed by atoms with van der Waals surface area (Å²) in [7, 11) is 0. The Kier molecular flexibility index (Phi) is 4.41. The zero-order valence-electron chi connectivity index (χ0n) is 6.00. The van der Waals surface area contributed by atoms with Crippen molar-refractivity contribution >= 4 is 28.4 Å². The molecule has 8 heteroatoms. The van der Waals surface area contributed by atoms with Crippen molar-refractivity contribution in [3.05, 3.63) is 0 Å². The van der Waals surface area contributed by atoms with E-state index in [-0.39, 0.29) is 5.88 Å². The van der Waals surface area contributed by atoms with E-state index in [1.54, 1.807) is 0 Å². The molecule has 1 unspecified atom stereocenters. The zero-order chi connectivity index (χ0) is 10.7. The molecule has 0 bridgehead atoms. The van der Waals surface area contributed by atoms with Gasteiger partial charge in [-0.2, -0.15) is 17.6 Å². The number of rotatable bonds is 4. The number of hydrogen-bond donors (Lipinski definition) is 0. The van der Waals surface area contributed by atoms with Gasteiger partial charge < -0.3 is 4.74 Å². The lowest BCUT2D eigenvalue weighted by atomic mass is 10.3. The van der Waals surface area contributed by atoms with Gasteiger partial charge in [0.1, 0.15) is 0 Å². The van der Waals surface area contributed by atoms with Gasteiger partial charge >= 0.3 is 12.0 Å². The number of ether oxygens (including phenoxy) is 1. The van der Waals surface area contributed by atoms with E-state index in [0.717, 1.165) is 0 Å². The second-order valence-corrected chi connectivity index (χ2v) is 2.63. The summed E-state index contributed by atoms with van der Waals surface area (Å²) >= 11 is 9.35. The Morgan fingerprint density at radius 3 is 2.00 bits per heavy atom. The van der Waals surface area contributed by atoms with Crippen LogP contribution in [0.25, 0.3) is 0 Å². The third kappa shape index (κ3) is 2.96. The fourth-order valence-electron chi connectivity index (χ4n) is 0.429. The number of hydrogen-bond acceptors (Lipinski definition) is 2. The minimum atomic E-state index is -5.50. The first-order chi connectivity index (χ1) is 5.75. The van der Waals surface area contributed by atoms with E-state index in [2.05, 4.69) is 16.3 Å². The van der Waals surface area contributed by atoms with Crippen molar-refractivity contribution in [1.29, 1.82) is 0 Å². The van der Waals surface area contributed by atoms with Gasteiger partial charge in [-0.3, -0.25) is 4.79 Å². The van der Waals surface area contributed by atoms with Gasteiger partial charge in [-0.05, 0) is 11.6 Å². The van der Waals surface area contributed by atoms with Gasteiger partial charge in [0.2, 0.25) is 0 Å². The molecule has 0 saturated heterocycles. The van der Waals surface area contributed by atoms with Crippen molar-refractivity contribution in [3.8, 4) is 0 Å². The smallest absolute Gasteiger partial charge is 0.331 e. The van der Waals surface area contributed by atoms with Crippen molar-refractivity contribution in [2.45, 2.75) is 12.0 Å². The van der Waals surface area contributed by atoms with Crippen molar-refractivity contribution < 1.29 is 27.1 Å². The topological polar surface area (TPSA) is 26.3 Å². The van der Waals surface area contributed by atoms with Crippen molar-refractivity contribution in [3.63, 3.8) is 0 Å². The molecule has 0 amide bonds. The van der Waals surface area contributed by atoms with E-state index < -0.39 is 23.9 Å². The molecule has 0 fully saturated rings. The van der Waals surface area contributed by atoms with Crippen LogP contribution in [-0.2, 0) is 9.53 Å². The molecule has 0 aromatic rings. The zero-order valence-corrected chi connectivity index (χ0v) is 7.51. The van der Waals surface area contributed by atoms with Gasteiger partial charge in [-0.1, -0.05) is 0 Å². The highest BCUT2D eigenvalue weighted by molar-refractivity contribution is 6.65. The lowest BCUT2D eigenvalue weighted by Crippen LogP contribution is -2.48. The quantitative estimate of drug-likeness (QED) is 0.430. The molecule has 0 aromatic heterocycles. The van der Waals surface area contributed by atoms with E-state index in [4.69, 9.17) is 11.6 Å². The molecular weight excluding hydrogens is 239 g/mol. The Bertz CT molecular complexity index is 195. The highest BCUT2D eigenvalue weighted by Gasteiger charge is 2.63. The molecule has 0 N–H and O–H groups in total. The van der Waals surface area contributed by atoms with E-state index >= 15 is 0 Å². The highest BCUT2D eigenvalue weighted by atomic mass is 35.5. The maximum atomic E-state index is 12.7. The maximum absolute atomic E-state index is 12.7. The van der Waals surface area contributed by atoms with Crippen LogP contribution in [0.15, 0.2) is 0 Å². The Balaban J connectivity index is 4.64. The first-order valence-electron chi connectivity index (χ1n) is 2.91. The van der Waals surface area contributed by atoms with Crippen molar-refractivity contribution in [1.82, 2.24) is 0 Å². The van der Waals surface area contributed by atoms with Gasteiger partial charge in [0.05, 0.1) is 6.61 Å². The van der Waals surface area contributed by atoms with Gasteiger partial charge in [0, 0.05) is 5.88 Å². The average molecular weight is 243 g/mol. The standard InChI is InChI=1S/C5H4Cl2F4O2/c6-1-2-13-4(8,3(7)12)5(9,10)11/h1-2H2. The summed E-state index contributed by atoms with van der Waals surface area (Å²) in [4.78, 5) is 10.1. The average Bonchev–Trinajstić information content (AvgIpc) is 1.97. The van der Waals surface area contributed by atoms with Gasteiger partial charge in [0.15, 0.2) is 0 Å². The van der Waals surface area contributed by atoms with Crippen LogP contribution < -0.4 is 0 Å². The molecule has 1 atom stereocenters. The minimum absolute atomic E-state index is 0.383. The van der Waals surface area contributed by atoms with E-state index in [1.165, 1.54) is 0 Å². The summed E-state index contributed by atoms with van der Waals surface area (Å²) in [5.74, 6) is -4.85. The minimum Gasteiger partial charge on any atom is -0.331 e. The van der Waals surface area contributed by atoms with Crippen molar-refractivity contribution in [2.75, 3.05) is 12.5 Å². The van der Waals surface area contributed by atoms with Crippen LogP contribution in [0.2, 0.25) is 0 Å². The summed E-state index contributed by atoms with van der Waals surface area (Å²) in [6.45, 7) is -0.768. The predicted molar refractivity (Wildman–Crippen MR) is 37.4 cm³/mol. The lowest BCUT2D eigenvalue weighted by molar-refractivity contribution is -0.309. The van der Waals surface area contributed by atoms with Crippen LogP contribution in [0.1, 0.15) is 0 Å². The third-order valence-corrected chi connectivity index (χ3v) is 1.39. The summed E-state index contributed by atoms with van der Waals surface area (Å²) in [5, 5.41) is -2.27. The van der Waals surface area contributed by atoms with Crippen LogP contribution in [-0.4, -0.2) is 29.8 Å². The molecule has 0 spiro atoms. The van der Waals surface area contributed by atoms with Crippen LogP contribution >= 0.6 is 23.2 Å². The van der Waals surface area contributed by atoms with Crippen LogP contribution in [0.5, 0.6) is 0 Å². The summed E-state index contributed by atoms with van der Waals surface area (Å²) in [6, 6.07) is 0. The molecule has 0 radical (unpaired) electrons. The molecule has 0 aliphatic rings. The number of halogens is 6. The lowest BCUT2D eigenvalue weighted by Gasteiger charge is -2.23. The maximum Gasteiger partial charge on any atom is 0.457 e.